The number of amides is 1. The lowest BCUT2D eigenvalue weighted by molar-refractivity contribution is -0.117. The summed E-state index contributed by atoms with van der Waals surface area (Å²) in [5.41, 5.74) is 0.699. The number of methoxy groups -OCH3 is 1. The van der Waals surface area contributed by atoms with Gasteiger partial charge in [0.25, 0.3) is 0 Å². The van der Waals surface area contributed by atoms with Crippen molar-refractivity contribution in [2.24, 2.45) is 0 Å². The van der Waals surface area contributed by atoms with E-state index in [2.05, 4.69) is 17.1 Å². The Kier molecular flexibility index (Phi) is 8.55. The van der Waals surface area contributed by atoms with Gasteiger partial charge in [-0.3, -0.25) is 9.69 Å². The summed E-state index contributed by atoms with van der Waals surface area (Å²) in [7, 11) is 1.59. The highest BCUT2D eigenvalue weighted by Crippen LogP contribution is 2.22. The number of ether oxygens (including phenoxy) is 2. The van der Waals surface area contributed by atoms with Crippen molar-refractivity contribution in [2.45, 2.75) is 33.3 Å². The molecule has 0 aliphatic rings. The van der Waals surface area contributed by atoms with E-state index in [0.29, 0.717) is 24.6 Å². The Bertz CT molecular complexity index is 449. The molecule has 0 unspecified atom stereocenters. The van der Waals surface area contributed by atoms with Gasteiger partial charge in [-0.05, 0) is 38.9 Å². The maximum Gasteiger partial charge on any atom is 0.238 e. The summed E-state index contributed by atoms with van der Waals surface area (Å²) in [4.78, 5) is 14.3. The van der Waals surface area contributed by atoms with Crippen LogP contribution in [0, 0.1) is 0 Å². The van der Waals surface area contributed by atoms with Crippen molar-refractivity contribution < 1.29 is 14.3 Å². The first-order valence-electron chi connectivity index (χ1n) is 7.83. The first-order chi connectivity index (χ1) is 10.6. The summed E-state index contributed by atoms with van der Waals surface area (Å²) in [6.07, 6.45) is 1.22. The minimum absolute atomic E-state index is 0.0394. The van der Waals surface area contributed by atoms with Gasteiger partial charge in [-0.1, -0.05) is 19.1 Å². The molecule has 0 heterocycles. The molecule has 1 aromatic carbocycles. The van der Waals surface area contributed by atoms with Gasteiger partial charge in [-0.25, -0.2) is 0 Å². The topological polar surface area (TPSA) is 50.8 Å². The van der Waals surface area contributed by atoms with E-state index < -0.39 is 0 Å². The normalized spacial score (nSPS) is 11.0. The average molecular weight is 308 g/mol. The molecule has 22 heavy (non-hydrogen) atoms. The number of carbonyl (C=O) groups is 1. The smallest absolute Gasteiger partial charge is 0.238 e. The minimum Gasteiger partial charge on any atom is -0.495 e. The van der Waals surface area contributed by atoms with Gasteiger partial charge >= 0.3 is 0 Å². The minimum atomic E-state index is -0.0394. The van der Waals surface area contributed by atoms with Crippen molar-refractivity contribution in [3.63, 3.8) is 0 Å². The van der Waals surface area contributed by atoms with E-state index in [-0.39, 0.29) is 12.0 Å². The second kappa shape index (κ2) is 10.2. The Hall–Kier alpha value is -1.59. The van der Waals surface area contributed by atoms with Crippen molar-refractivity contribution in [1.29, 1.82) is 0 Å². The Morgan fingerprint density at radius 3 is 2.64 bits per heavy atom. The number of nitrogens with one attached hydrogen (secondary N) is 1. The van der Waals surface area contributed by atoms with Gasteiger partial charge in [0.05, 0.1) is 32.1 Å². The summed E-state index contributed by atoms with van der Waals surface area (Å²) in [6, 6.07) is 7.41. The highest BCUT2D eigenvalue weighted by atomic mass is 16.5. The van der Waals surface area contributed by atoms with E-state index in [9.17, 15) is 4.79 Å². The summed E-state index contributed by atoms with van der Waals surface area (Å²) in [5, 5.41) is 2.90. The van der Waals surface area contributed by atoms with Gasteiger partial charge < -0.3 is 14.8 Å². The molecule has 0 radical (unpaired) electrons. The second-order valence-corrected chi connectivity index (χ2v) is 5.44. The number of rotatable bonds is 10. The molecular formula is C17H28N2O3. The molecule has 0 saturated heterocycles. The molecule has 5 nitrogen and oxygen atoms in total. The monoisotopic (exact) mass is 308 g/mol. The van der Waals surface area contributed by atoms with Crippen molar-refractivity contribution in [3.05, 3.63) is 24.3 Å². The van der Waals surface area contributed by atoms with Crippen molar-refractivity contribution in [1.82, 2.24) is 4.90 Å². The Labute approximate surface area is 133 Å². The fourth-order valence-electron chi connectivity index (χ4n) is 2.14. The number of hydrogen-bond donors (Lipinski definition) is 1. The summed E-state index contributed by atoms with van der Waals surface area (Å²) in [6.45, 7) is 8.75. The molecule has 5 heteroatoms. The standard InChI is InChI=1S/C17H28N2O3/c1-5-10-19(11-12-22-14(2)3)13-17(20)18-15-8-6-7-9-16(15)21-4/h6-9,14H,5,10-13H2,1-4H3,(H,18,20). The Morgan fingerprint density at radius 2 is 2.00 bits per heavy atom. The molecule has 124 valence electrons. The van der Waals surface area contributed by atoms with Crippen LogP contribution in [0.15, 0.2) is 24.3 Å². The van der Waals surface area contributed by atoms with Gasteiger partial charge in [0.2, 0.25) is 5.91 Å². The van der Waals surface area contributed by atoms with E-state index in [4.69, 9.17) is 9.47 Å². The number of anilines is 1. The molecule has 0 atom stereocenters. The second-order valence-electron chi connectivity index (χ2n) is 5.44. The predicted octanol–water partition coefficient (Wildman–Crippen LogP) is 2.77. The number of benzene rings is 1. The number of hydrogen-bond acceptors (Lipinski definition) is 4. The zero-order valence-electron chi connectivity index (χ0n) is 14.1. The molecule has 1 amide bonds. The maximum absolute atomic E-state index is 12.2. The van der Waals surface area contributed by atoms with Gasteiger partial charge in [-0.2, -0.15) is 0 Å². The van der Waals surface area contributed by atoms with Crippen LogP contribution in [0.5, 0.6) is 5.75 Å². The number of para-hydroxylation sites is 2. The van der Waals surface area contributed by atoms with E-state index >= 15 is 0 Å². The van der Waals surface area contributed by atoms with Crippen LogP contribution in [0.2, 0.25) is 0 Å². The van der Waals surface area contributed by atoms with Gasteiger partial charge in [0.1, 0.15) is 5.75 Å². The van der Waals surface area contributed by atoms with E-state index in [0.717, 1.165) is 19.5 Å². The predicted molar refractivity (Wildman–Crippen MR) is 89.4 cm³/mol. The van der Waals surface area contributed by atoms with Gasteiger partial charge in [-0.15, -0.1) is 0 Å². The fraction of sp³-hybridized carbons (Fsp3) is 0.588. The lowest BCUT2D eigenvalue weighted by atomic mass is 10.3. The van der Waals surface area contributed by atoms with E-state index in [1.165, 1.54) is 0 Å². The fourth-order valence-corrected chi connectivity index (χ4v) is 2.14. The van der Waals surface area contributed by atoms with Crippen LogP contribution in [0.4, 0.5) is 5.69 Å². The molecule has 0 aromatic heterocycles. The molecule has 0 bridgehead atoms. The molecular weight excluding hydrogens is 280 g/mol. The third-order valence-corrected chi connectivity index (χ3v) is 3.15. The molecule has 0 aliphatic carbocycles. The average Bonchev–Trinajstić information content (AvgIpc) is 2.47. The summed E-state index contributed by atoms with van der Waals surface area (Å²) < 4.78 is 10.8. The van der Waals surface area contributed by atoms with Crippen LogP contribution >= 0.6 is 0 Å². The van der Waals surface area contributed by atoms with Crippen LogP contribution in [0.3, 0.4) is 0 Å². The third-order valence-electron chi connectivity index (χ3n) is 3.15. The first-order valence-corrected chi connectivity index (χ1v) is 7.83. The van der Waals surface area contributed by atoms with Crippen molar-refractivity contribution in [2.75, 3.05) is 38.7 Å². The zero-order valence-corrected chi connectivity index (χ0v) is 14.1. The lowest BCUT2D eigenvalue weighted by Crippen LogP contribution is -2.36. The number of carbonyl (C=O) groups excluding carboxylic acids is 1. The third kappa shape index (κ3) is 6.91. The van der Waals surface area contributed by atoms with Crippen molar-refractivity contribution >= 4 is 11.6 Å². The Morgan fingerprint density at radius 1 is 1.27 bits per heavy atom. The lowest BCUT2D eigenvalue weighted by Gasteiger charge is -2.22. The zero-order chi connectivity index (χ0) is 16.4. The highest BCUT2D eigenvalue weighted by Gasteiger charge is 2.12. The van der Waals surface area contributed by atoms with Crippen LogP contribution in [0.25, 0.3) is 0 Å². The van der Waals surface area contributed by atoms with Crippen molar-refractivity contribution in [3.8, 4) is 5.75 Å². The molecule has 0 saturated carbocycles. The molecule has 0 fully saturated rings. The molecule has 1 N–H and O–H groups in total. The van der Waals surface area contributed by atoms with Crippen LogP contribution in [-0.2, 0) is 9.53 Å². The summed E-state index contributed by atoms with van der Waals surface area (Å²) >= 11 is 0. The van der Waals surface area contributed by atoms with Crippen LogP contribution in [-0.4, -0.2) is 50.3 Å². The van der Waals surface area contributed by atoms with Gasteiger partial charge in [0.15, 0.2) is 0 Å². The van der Waals surface area contributed by atoms with Crippen LogP contribution in [0.1, 0.15) is 27.2 Å². The van der Waals surface area contributed by atoms with E-state index in [1.54, 1.807) is 7.11 Å². The summed E-state index contributed by atoms with van der Waals surface area (Å²) in [5.74, 6) is 0.628. The van der Waals surface area contributed by atoms with Crippen LogP contribution < -0.4 is 10.1 Å². The molecule has 1 aromatic rings. The molecule has 1 rings (SSSR count). The largest absolute Gasteiger partial charge is 0.495 e. The Balaban J connectivity index is 2.51. The first kappa shape index (κ1) is 18.5. The maximum atomic E-state index is 12.2. The number of nitrogens with zero attached hydrogens (tertiary/aromatic N) is 1. The van der Waals surface area contributed by atoms with Gasteiger partial charge in [0, 0.05) is 6.54 Å². The van der Waals surface area contributed by atoms with E-state index in [1.807, 2.05) is 38.1 Å². The highest BCUT2D eigenvalue weighted by molar-refractivity contribution is 5.93. The quantitative estimate of drug-likeness (QED) is 0.722. The molecule has 0 spiro atoms. The molecule has 0 aliphatic heterocycles. The SMILES string of the molecule is CCCN(CCOC(C)C)CC(=O)Nc1ccccc1OC.